The molecule has 6 heteroatoms. The monoisotopic (exact) mass is 342 g/mol. The molecule has 3 rings (SSSR count). The number of hydrogen-bond acceptors (Lipinski definition) is 4. The average Bonchev–Trinajstić information content (AvgIpc) is 2.56. The van der Waals surface area contributed by atoms with E-state index in [9.17, 15) is 18.8 Å². The minimum atomic E-state index is -3.69. The molecule has 0 saturated carbocycles. The van der Waals surface area contributed by atoms with Crippen LogP contribution >= 0.6 is 0 Å². The van der Waals surface area contributed by atoms with Gasteiger partial charge in [-0.2, -0.15) is 9.57 Å². The van der Waals surface area contributed by atoms with Crippen molar-refractivity contribution in [3.8, 4) is 6.07 Å². The topological polar surface area (TPSA) is 81.4 Å². The lowest BCUT2D eigenvalue weighted by molar-refractivity contribution is 0.0555. The Kier molecular flexibility index (Phi) is 4.67. The number of aliphatic hydroxyl groups is 1. The van der Waals surface area contributed by atoms with Gasteiger partial charge in [0.25, 0.3) is 0 Å². The van der Waals surface area contributed by atoms with Crippen LogP contribution < -0.4 is 0 Å². The van der Waals surface area contributed by atoms with Gasteiger partial charge in [0.05, 0.1) is 24.5 Å². The molecule has 1 aliphatic rings. The normalized spacial score (nSPS) is 24.1. The predicted octanol–water partition coefficient (Wildman–Crippen LogP) is 1.87. The van der Waals surface area contributed by atoms with Crippen molar-refractivity contribution in [3.63, 3.8) is 0 Å². The number of nitrogens with zero attached hydrogens (tertiary/aromatic N) is 2. The summed E-state index contributed by atoms with van der Waals surface area (Å²) in [4.78, 5) is 0. The minimum absolute atomic E-state index is 0.177. The van der Waals surface area contributed by atoms with Crippen LogP contribution in [-0.2, 0) is 15.8 Å². The Morgan fingerprint density at radius 3 is 2.17 bits per heavy atom. The van der Waals surface area contributed by atoms with Crippen molar-refractivity contribution in [3.05, 3.63) is 71.8 Å². The molecule has 0 spiro atoms. The van der Waals surface area contributed by atoms with Crippen LogP contribution in [-0.4, -0.2) is 36.5 Å². The van der Waals surface area contributed by atoms with Gasteiger partial charge in [-0.3, -0.25) is 0 Å². The summed E-state index contributed by atoms with van der Waals surface area (Å²) >= 11 is 0. The highest BCUT2D eigenvalue weighted by atomic mass is 32.2. The Labute approximate surface area is 141 Å². The smallest absolute Gasteiger partial charge is 0.219 e. The van der Waals surface area contributed by atoms with E-state index in [2.05, 4.69) is 6.07 Å². The second kappa shape index (κ2) is 6.73. The van der Waals surface area contributed by atoms with Gasteiger partial charge in [0.1, 0.15) is 6.04 Å². The largest absolute Gasteiger partial charge is 0.395 e. The van der Waals surface area contributed by atoms with Crippen LogP contribution in [0.25, 0.3) is 0 Å². The number of rotatable bonds is 5. The molecule has 1 heterocycles. The maximum atomic E-state index is 12.8. The molecule has 1 aliphatic heterocycles. The fraction of sp³-hybridized carbons (Fsp3) is 0.278. The van der Waals surface area contributed by atoms with Crippen LogP contribution in [0.3, 0.4) is 0 Å². The van der Waals surface area contributed by atoms with E-state index in [0.29, 0.717) is 5.56 Å². The Hall–Kier alpha value is -2.20. The third-order valence-electron chi connectivity index (χ3n) is 4.37. The van der Waals surface area contributed by atoms with E-state index in [1.165, 1.54) is 0 Å². The second-order valence-corrected chi connectivity index (χ2v) is 7.71. The molecule has 0 aromatic heterocycles. The van der Waals surface area contributed by atoms with Gasteiger partial charge in [0.15, 0.2) is 0 Å². The number of sulfonamides is 1. The molecular weight excluding hydrogens is 324 g/mol. The summed E-state index contributed by atoms with van der Waals surface area (Å²) in [5, 5.41) is 19.2. The Bertz CT molecular complexity index is 832. The van der Waals surface area contributed by atoms with Crippen LogP contribution in [0.5, 0.6) is 0 Å². The fourth-order valence-electron chi connectivity index (χ4n) is 3.28. The van der Waals surface area contributed by atoms with Gasteiger partial charge in [0, 0.05) is 5.92 Å². The molecule has 3 atom stereocenters. The first kappa shape index (κ1) is 16.7. The molecule has 2 aromatic rings. The van der Waals surface area contributed by atoms with Crippen molar-refractivity contribution in [1.82, 2.24) is 4.31 Å². The molecule has 2 aromatic carbocycles. The molecule has 124 valence electrons. The van der Waals surface area contributed by atoms with Crippen molar-refractivity contribution in [2.24, 2.45) is 0 Å². The first-order valence-corrected chi connectivity index (χ1v) is 9.30. The quantitative estimate of drug-likeness (QED) is 0.899. The van der Waals surface area contributed by atoms with Crippen molar-refractivity contribution in [2.75, 3.05) is 6.61 Å². The zero-order valence-corrected chi connectivity index (χ0v) is 13.8. The van der Waals surface area contributed by atoms with Gasteiger partial charge in [-0.05, 0) is 11.1 Å². The number of benzene rings is 2. The standard InChI is InChI=1S/C18H18N2O3S/c19-11-16-18(15-9-5-2-6-10-15)17(12-21)20(16)24(22,23)13-14-7-3-1-4-8-14/h1-10,16-18,21H,12-13H2/t16-,17-,18+/m1/s1. The molecule has 0 radical (unpaired) electrons. The zero-order valence-electron chi connectivity index (χ0n) is 13.0. The van der Waals surface area contributed by atoms with Crippen molar-refractivity contribution < 1.29 is 13.5 Å². The molecule has 24 heavy (non-hydrogen) atoms. The lowest BCUT2D eigenvalue weighted by Crippen LogP contribution is -2.65. The highest BCUT2D eigenvalue weighted by Gasteiger charge is 2.54. The summed E-state index contributed by atoms with van der Waals surface area (Å²) < 4.78 is 26.7. The second-order valence-electron chi connectivity index (χ2n) is 5.83. The van der Waals surface area contributed by atoms with E-state index in [1.54, 1.807) is 24.3 Å². The highest BCUT2D eigenvalue weighted by molar-refractivity contribution is 7.88. The van der Waals surface area contributed by atoms with Gasteiger partial charge in [0.2, 0.25) is 10.0 Å². The van der Waals surface area contributed by atoms with Crippen molar-refractivity contribution in [2.45, 2.75) is 23.8 Å². The Balaban J connectivity index is 1.89. The van der Waals surface area contributed by atoms with Crippen molar-refractivity contribution >= 4 is 10.0 Å². The summed E-state index contributed by atoms with van der Waals surface area (Å²) in [7, 11) is -3.69. The maximum Gasteiger partial charge on any atom is 0.219 e. The van der Waals surface area contributed by atoms with E-state index >= 15 is 0 Å². The molecular formula is C18H18N2O3S. The van der Waals surface area contributed by atoms with Gasteiger partial charge in [-0.25, -0.2) is 8.42 Å². The molecule has 1 saturated heterocycles. The van der Waals surface area contributed by atoms with Crippen LogP contribution in [0.4, 0.5) is 0 Å². The third kappa shape index (κ3) is 2.94. The lowest BCUT2D eigenvalue weighted by Gasteiger charge is -2.50. The van der Waals surface area contributed by atoms with Gasteiger partial charge < -0.3 is 5.11 Å². The van der Waals surface area contributed by atoms with E-state index in [1.807, 2.05) is 36.4 Å². The minimum Gasteiger partial charge on any atom is -0.395 e. The Morgan fingerprint density at radius 2 is 1.62 bits per heavy atom. The summed E-state index contributed by atoms with van der Waals surface area (Å²) in [6, 6.07) is 18.8. The Morgan fingerprint density at radius 1 is 1.04 bits per heavy atom. The number of hydrogen-bond donors (Lipinski definition) is 1. The van der Waals surface area contributed by atoms with Gasteiger partial charge >= 0.3 is 0 Å². The first-order valence-electron chi connectivity index (χ1n) is 7.69. The molecule has 1 fully saturated rings. The van der Waals surface area contributed by atoms with E-state index in [-0.39, 0.29) is 18.3 Å². The predicted molar refractivity (Wildman–Crippen MR) is 90.4 cm³/mol. The average molecular weight is 342 g/mol. The van der Waals surface area contributed by atoms with E-state index in [4.69, 9.17) is 0 Å². The SMILES string of the molecule is N#C[C@@H]1[C@H](c2ccccc2)[C@@H](CO)N1S(=O)(=O)Cc1ccccc1. The van der Waals surface area contributed by atoms with Crippen LogP contribution in [0.15, 0.2) is 60.7 Å². The van der Waals surface area contributed by atoms with Crippen LogP contribution in [0.2, 0.25) is 0 Å². The summed E-state index contributed by atoms with van der Waals surface area (Å²) in [6.07, 6.45) is 0. The van der Waals surface area contributed by atoms with Crippen LogP contribution in [0.1, 0.15) is 17.0 Å². The molecule has 5 nitrogen and oxygen atoms in total. The van der Waals surface area contributed by atoms with E-state index < -0.39 is 22.1 Å². The third-order valence-corrected chi connectivity index (χ3v) is 6.21. The molecule has 0 aliphatic carbocycles. The first-order chi connectivity index (χ1) is 11.6. The summed E-state index contributed by atoms with van der Waals surface area (Å²) in [5.41, 5.74) is 1.53. The maximum absolute atomic E-state index is 12.8. The molecule has 1 N–H and O–H groups in total. The van der Waals surface area contributed by atoms with E-state index in [0.717, 1.165) is 9.87 Å². The number of nitriles is 1. The molecule has 0 unspecified atom stereocenters. The van der Waals surface area contributed by atoms with Crippen LogP contribution in [0, 0.1) is 11.3 Å². The van der Waals surface area contributed by atoms with Gasteiger partial charge in [-0.1, -0.05) is 60.7 Å². The molecule has 0 amide bonds. The highest BCUT2D eigenvalue weighted by Crippen LogP contribution is 2.42. The summed E-state index contributed by atoms with van der Waals surface area (Å²) in [6.45, 7) is -0.314. The lowest BCUT2D eigenvalue weighted by atomic mass is 9.78. The zero-order chi connectivity index (χ0) is 17.2. The molecule has 0 bridgehead atoms. The fourth-order valence-corrected chi connectivity index (χ4v) is 5.18. The summed E-state index contributed by atoms with van der Waals surface area (Å²) in [5.74, 6) is -0.490. The van der Waals surface area contributed by atoms with Crippen molar-refractivity contribution in [1.29, 1.82) is 5.26 Å². The number of aliphatic hydroxyl groups excluding tert-OH is 1. The van der Waals surface area contributed by atoms with Gasteiger partial charge in [-0.15, -0.1) is 0 Å².